The topological polar surface area (TPSA) is 106 Å². The standard InChI is InChI=1S/C27H22N4O4/c1-17-6-4-8-22(14-17)35-26-23(27(33)31-13-5-7-18(2)24(31)30-26)15-19(16-28)25(32)29-20-9-11-21(34-3)12-10-20/h4-15H,1-3H3,(H,29,32)/b19-15+. The summed E-state index contributed by atoms with van der Waals surface area (Å²) in [6.45, 7) is 3.74. The van der Waals surface area contributed by atoms with Gasteiger partial charge in [-0.05, 0) is 73.5 Å². The van der Waals surface area contributed by atoms with Gasteiger partial charge in [-0.15, -0.1) is 0 Å². The van der Waals surface area contributed by atoms with E-state index in [9.17, 15) is 14.9 Å². The molecule has 8 heteroatoms. The highest BCUT2D eigenvalue weighted by molar-refractivity contribution is 6.09. The fourth-order valence-corrected chi connectivity index (χ4v) is 3.45. The Kier molecular flexibility index (Phi) is 6.60. The number of ether oxygens (including phenoxy) is 2. The monoisotopic (exact) mass is 466 g/mol. The van der Waals surface area contributed by atoms with Crippen molar-refractivity contribution in [3.8, 4) is 23.4 Å². The van der Waals surface area contributed by atoms with E-state index in [2.05, 4.69) is 10.3 Å². The molecule has 8 nitrogen and oxygen atoms in total. The highest BCUT2D eigenvalue weighted by Gasteiger charge is 2.18. The van der Waals surface area contributed by atoms with Crippen molar-refractivity contribution in [3.63, 3.8) is 0 Å². The third kappa shape index (κ3) is 5.04. The quantitative estimate of drug-likeness (QED) is 0.327. The van der Waals surface area contributed by atoms with E-state index in [4.69, 9.17) is 9.47 Å². The number of benzene rings is 2. The Balaban J connectivity index is 1.80. The molecule has 0 aliphatic rings. The van der Waals surface area contributed by atoms with Gasteiger partial charge >= 0.3 is 0 Å². The van der Waals surface area contributed by atoms with Crippen LogP contribution >= 0.6 is 0 Å². The average molecular weight is 466 g/mol. The number of rotatable bonds is 6. The van der Waals surface area contributed by atoms with Gasteiger partial charge in [0.15, 0.2) is 0 Å². The van der Waals surface area contributed by atoms with E-state index >= 15 is 0 Å². The maximum Gasteiger partial charge on any atom is 0.269 e. The minimum Gasteiger partial charge on any atom is -0.497 e. The van der Waals surface area contributed by atoms with Crippen molar-refractivity contribution in [1.29, 1.82) is 5.26 Å². The second-order valence-electron chi connectivity index (χ2n) is 7.79. The van der Waals surface area contributed by atoms with Crippen LogP contribution in [0.1, 0.15) is 16.7 Å². The molecule has 0 fully saturated rings. The number of aryl methyl sites for hydroxylation is 2. The van der Waals surface area contributed by atoms with Crippen molar-refractivity contribution in [2.45, 2.75) is 13.8 Å². The van der Waals surface area contributed by atoms with Crippen molar-refractivity contribution < 1.29 is 14.3 Å². The second-order valence-corrected chi connectivity index (χ2v) is 7.79. The lowest BCUT2D eigenvalue weighted by Crippen LogP contribution is -2.20. The average Bonchev–Trinajstić information content (AvgIpc) is 2.85. The van der Waals surface area contributed by atoms with Crippen molar-refractivity contribution in [2.75, 3.05) is 12.4 Å². The number of methoxy groups -OCH3 is 1. The van der Waals surface area contributed by atoms with E-state index in [-0.39, 0.29) is 17.0 Å². The molecule has 0 saturated carbocycles. The van der Waals surface area contributed by atoms with Gasteiger partial charge in [-0.3, -0.25) is 14.0 Å². The molecule has 0 aliphatic heterocycles. The molecule has 0 bridgehead atoms. The predicted molar refractivity (Wildman–Crippen MR) is 133 cm³/mol. The molecule has 2 aromatic carbocycles. The van der Waals surface area contributed by atoms with Crippen LogP contribution in [-0.4, -0.2) is 22.4 Å². The molecule has 2 aromatic heterocycles. The number of anilines is 1. The van der Waals surface area contributed by atoms with Crippen molar-refractivity contribution >= 4 is 23.3 Å². The Morgan fingerprint density at radius 1 is 1.09 bits per heavy atom. The molecule has 0 atom stereocenters. The zero-order valence-corrected chi connectivity index (χ0v) is 19.4. The third-order valence-electron chi connectivity index (χ3n) is 5.26. The van der Waals surface area contributed by atoms with Gasteiger partial charge in [0, 0.05) is 11.9 Å². The Labute approximate surface area is 201 Å². The molecule has 0 radical (unpaired) electrons. The summed E-state index contributed by atoms with van der Waals surface area (Å²) in [7, 11) is 1.54. The smallest absolute Gasteiger partial charge is 0.269 e. The first-order chi connectivity index (χ1) is 16.9. The number of hydrogen-bond donors (Lipinski definition) is 1. The number of carbonyl (C=O) groups excluding carboxylic acids is 1. The Bertz CT molecular complexity index is 1550. The van der Waals surface area contributed by atoms with E-state index in [1.54, 1.807) is 48.7 Å². The van der Waals surface area contributed by atoms with Crippen molar-refractivity contribution in [3.05, 3.63) is 99.5 Å². The number of hydrogen-bond acceptors (Lipinski definition) is 6. The van der Waals surface area contributed by atoms with E-state index in [1.807, 2.05) is 38.1 Å². The fraction of sp³-hybridized carbons (Fsp3) is 0.111. The van der Waals surface area contributed by atoms with Gasteiger partial charge in [0.2, 0.25) is 5.88 Å². The summed E-state index contributed by atoms with van der Waals surface area (Å²) < 4.78 is 12.5. The van der Waals surface area contributed by atoms with Crippen LogP contribution in [0.5, 0.6) is 17.4 Å². The number of amides is 1. The van der Waals surface area contributed by atoms with Gasteiger partial charge < -0.3 is 14.8 Å². The van der Waals surface area contributed by atoms with Crippen LogP contribution in [0.2, 0.25) is 0 Å². The molecular formula is C27H22N4O4. The number of pyridine rings is 1. The molecular weight excluding hydrogens is 444 g/mol. The Hall–Kier alpha value is -4.90. The first-order valence-corrected chi connectivity index (χ1v) is 10.7. The molecule has 35 heavy (non-hydrogen) atoms. The second kappa shape index (κ2) is 9.93. The van der Waals surface area contributed by atoms with Crippen LogP contribution in [0.25, 0.3) is 11.7 Å². The molecule has 0 saturated heterocycles. The molecule has 0 aliphatic carbocycles. The van der Waals surface area contributed by atoms with Crippen molar-refractivity contribution in [1.82, 2.24) is 9.38 Å². The minimum atomic E-state index is -0.673. The fourth-order valence-electron chi connectivity index (χ4n) is 3.45. The summed E-state index contributed by atoms with van der Waals surface area (Å²) in [4.78, 5) is 30.8. The number of fused-ring (bicyclic) bond motifs is 1. The first-order valence-electron chi connectivity index (χ1n) is 10.7. The lowest BCUT2D eigenvalue weighted by Gasteiger charge is -2.12. The lowest BCUT2D eigenvalue weighted by atomic mass is 10.1. The van der Waals surface area contributed by atoms with Gasteiger partial charge in [-0.2, -0.15) is 10.2 Å². The van der Waals surface area contributed by atoms with Crippen LogP contribution in [0, 0.1) is 25.2 Å². The number of aromatic nitrogens is 2. The number of nitriles is 1. The lowest BCUT2D eigenvalue weighted by molar-refractivity contribution is -0.112. The number of carbonyl (C=O) groups is 1. The highest BCUT2D eigenvalue weighted by Crippen LogP contribution is 2.25. The SMILES string of the molecule is COc1ccc(NC(=O)/C(C#N)=C/c2c(Oc3cccc(C)c3)nc3c(C)cccn3c2=O)cc1. The summed E-state index contributed by atoms with van der Waals surface area (Å²) in [6, 6.07) is 19.4. The van der Waals surface area contributed by atoms with Crippen molar-refractivity contribution in [2.24, 2.45) is 0 Å². The Morgan fingerprint density at radius 2 is 1.86 bits per heavy atom. The minimum absolute atomic E-state index is 0.0000949. The van der Waals surface area contributed by atoms with Crippen LogP contribution in [-0.2, 0) is 4.79 Å². The number of nitrogens with zero attached hydrogens (tertiary/aromatic N) is 3. The van der Waals surface area contributed by atoms with Gasteiger partial charge in [0.05, 0.1) is 7.11 Å². The number of nitrogens with one attached hydrogen (secondary N) is 1. The molecule has 0 spiro atoms. The third-order valence-corrected chi connectivity index (χ3v) is 5.26. The molecule has 1 N–H and O–H groups in total. The summed E-state index contributed by atoms with van der Waals surface area (Å²) in [5, 5.41) is 12.4. The molecule has 4 aromatic rings. The first kappa shape index (κ1) is 23.3. The van der Waals surface area contributed by atoms with Gasteiger partial charge in [-0.25, -0.2) is 0 Å². The molecule has 0 unspecified atom stereocenters. The predicted octanol–water partition coefficient (Wildman–Crippen LogP) is 4.66. The Morgan fingerprint density at radius 3 is 2.54 bits per heavy atom. The largest absolute Gasteiger partial charge is 0.497 e. The molecule has 2 heterocycles. The summed E-state index contributed by atoms with van der Waals surface area (Å²) in [6.07, 6.45) is 2.78. The molecule has 174 valence electrons. The summed E-state index contributed by atoms with van der Waals surface area (Å²) >= 11 is 0. The molecule has 1 amide bonds. The maximum atomic E-state index is 13.4. The zero-order valence-electron chi connectivity index (χ0n) is 19.4. The molecule has 4 rings (SSSR count). The summed E-state index contributed by atoms with van der Waals surface area (Å²) in [5.41, 5.74) is 1.86. The normalized spacial score (nSPS) is 11.1. The van der Waals surface area contributed by atoms with Crippen LogP contribution < -0.4 is 20.3 Å². The van der Waals surface area contributed by atoms with Crippen LogP contribution in [0.15, 0.2) is 77.2 Å². The maximum absolute atomic E-state index is 13.4. The van der Waals surface area contributed by atoms with E-state index in [0.717, 1.165) is 11.1 Å². The van der Waals surface area contributed by atoms with Gasteiger partial charge in [-0.1, -0.05) is 18.2 Å². The summed E-state index contributed by atoms with van der Waals surface area (Å²) in [5.74, 6) is 0.432. The van der Waals surface area contributed by atoms with Gasteiger partial charge in [0.25, 0.3) is 11.5 Å². The zero-order chi connectivity index (χ0) is 24.9. The van der Waals surface area contributed by atoms with E-state index in [0.29, 0.717) is 22.8 Å². The van der Waals surface area contributed by atoms with Crippen LogP contribution in [0.3, 0.4) is 0 Å². The highest BCUT2D eigenvalue weighted by atomic mass is 16.5. The van der Waals surface area contributed by atoms with E-state index < -0.39 is 11.5 Å². The van der Waals surface area contributed by atoms with Gasteiger partial charge in [0.1, 0.15) is 34.4 Å². The van der Waals surface area contributed by atoms with E-state index in [1.165, 1.54) is 17.6 Å². The van der Waals surface area contributed by atoms with Crippen LogP contribution in [0.4, 0.5) is 5.69 Å².